The largest absolute Gasteiger partial charge is 0.497 e. The third kappa shape index (κ3) is 2.96. The number of hydrogen-bond donors (Lipinski definition) is 0. The summed E-state index contributed by atoms with van der Waals surface area (Å²) >= 11 is 0. The topological polar surface area (TPSA) is 89.3 Å². The standard InChI is InChI=1S/C27H22N2O6/c1-33-16-9-10-19(34-2)18(14-16)29-26(31)21-22(27(29)32)24(25(30)20-8-5-13-35-20)28-12-11-15-6-3-4-7-17(15)23(21)28/h3-14,21-24H,1-2H3/t21-,22+,23-,24-/m0/s1. The van der Waals surface area contributed by atoms with Gasteiger partial charge in [-0.05, 0) is 41.5 Å². The Kier molecular flexibility index (Phi) is 4.77. The van der Waals surface area contributed by atoms with Gasteiger partial charge in [-0.2, -0.15) is 0 Å². The molecule has 0 saturated carbocycles. The van der Waals surface area contributed by atoms with Gasteiger partial charge in [-0.15, -0.1) is 0 Å². The number of furan rings is 1. The zero-order valence-corrected chi connectivity index (χ0v) is 19.1. The summed E-state index contributed by atoms with van der Waals surface area (Å²) in [4.78, 5) is 44.6. The summed E-state index contributed by atoms with van der Waals surface area (Å²) < 4.78 is 16.2. The van der Waals surface area contributed by atoms with E-state index in [9.17, 15) is 14.4 Å². The number of benzene rings is 2. The predicted molar refractivity (Wildman–Crippen MR) is 126 cm³/mol. The van der Waals surface area contributed by atoms with Crippen LogP contribution in [0.25, 0.3) is 6.08 Å². The van der Waals surface area contributed by atoms with Crippen LogP contribution in [-0.2, 0) is 9.59 Å². The van der Waals surface area contributed by atoms with Gasteiger partial charge in [0.1, 0.15) is 17.5 Å². The number of carbonyl (C=O) groups excluding carboxylic acids is 3. The maximum absolute atomic E-state index is 14.0. The van der Waals surface area contributed by atoms with Crippen molar-refractivity contribution in [1.82, 2.24) is 4.90 Å². The molecule has 0 radical (unpaired) electrons. The van der Waals surface area contributed by atoms with Gasteiger partial charge in [0.2, 0.25) is 17.6 Å². The molecule has 0 aliphatic carbocycles. The number of ketones is 1. The fourth-order valence-corrected chi connectivity index (χ4v) is 5.63. The molecule has 3 aromatic rings. The Labute approximate surface area is 201 Å². The van der Waals surface area contributed by atoms with Crippen molar-refractivity contribution in [2.75, 3.05) is 19.1 Å². The SMILES string of the molecule is COc1ccc(OC)c(N2C(=O)[C@@H]3[C@H](C2=O)[C@@H]2c4ccccc4C=CN2[C@@H]3C(=O)c2ccco2)c1. The van der Waals surface area contributed by atoms with E-state index in [1.54, 1.807) is 30.3 Å². The van der Waals surface area contributed by atoms with Crippen LogP contribution in [0.5, 0.6) is 11.5 Å². The second kappa shape index (κ2) is 7.87. The Bertz CT molecular complexity index is 1380. The van der Waals surface area contributed by atoms with Crippen LogP contribution >= 0.6 is 0 Å². The van der Waals surface area contributed by atoms with Gasteiger partial charge in [-0.1, -0.05) is 24.3 Å². The predicted octanol–water partition coefficient (Wildman–Crippen LogP) is 3.70. The van der Waals surface area contributed by atoms with Gasteiger partial charge in [-0.25, -0.2) is 4.90 Å². The fourth-order valence-electron chi connectivity index (χ4n) is 5.63. The molecular formula is C27H22N2O6. The van der Waals surface area contributed by atoms with Gasteiger partial charge < -0.3 is 18.8 Å². The molecule has 2 amide bonds. The quantitative estimate of drug-likeness (QED) is 0.415. The van der Waals surface area contributed by atoms with E-state index < -0.39 is 29.8 Å². The molecule has 2 saturated heterocycles. The molecule has 0 spiro atoms. The Balaban J connectivity index is 1.51. The van der Waals surface area contributed by atoms with Crippen molar-refractivity contribution in [3.05, 3.63) is 83.9 Å². The van der Waals surface area contributed by atoms with E-state index >= 15 is 0 Å². The van der Waals surface area contributed by atoms with E-state index in [-0.39, 0.29) is 17.5 Å². The van der Waals surface area contributed by atoms with Crippen LogP contribution in [0.15, 0.2) is 71.5 Å². The van der Waals surface area contributed by atoms with Crippen LogP contribution in [0, 0.1) is 11.8 Å². The highest BCUT2D eigenvalue weighted by atomic mass is 16.5. The number of carbonyl (C=O) groups is 3. The Hall–Kier alpha value is -4.33. The number of hydrogen-bond acceptors (Lipinski definition) is 7. The molecule has 0 unspecified atom stereocenters. The Morgan fingerprint density at radius 3 is 2.49 bits per heavy atom. The number of fused-ring (bicyclic) bond motifs is 5. The maximum atomic E-state index is 14.0. The lowest BCUT2D eigenvalue weighted by molar-refractivity contribution is -0.123. The number of amides is 2. The van der Waals surface area contributed by atoms with E-state index in [4.69, 9.17) is 13.9 Å². The molecule has 8 heteroatoms. The highest BCUT2D eigenvalue weighted by Gasteiger charge is 2.65. The minimum absolute atomic E-state index is 0.152. The molecule has 4 heterocycles. The van der Waals surface area contributed by atoms with Crippen LogP contribution < -0.4 is 14.4 Å². The highest BCUT2D eigenvalue weighted by molar-refractivity contribution is 6.25. The van der Waals surface area contributed by atoms with Gasteiger partial charge in [0.05, 0.1) is 44.0 Å². The first-order chi connectivity index (χ1) is 17.0. The third-order valence-corrected chi connectivity index (χ3v) is 7.12. The summed E-state index contributed by atoms with van der Waals surface area (Å²) in [5.41, 5.74) is 2.16. The zero-order valence-electron chi connectivity index (χ0n) is 19.1. The number of nitrogens with zero attached hydrogens (tertiary/aromatic N) is 2. The third-order valence-electron chi connectivity index (χ3n) is 7.12. The van der Waals surface area contributed by atoms with Crippen molar-refractivity contribution < 1.29 is 28.3 Å². The summed E-state index contributed by atoms with van der Waals surface area (Å²) in [7, 11) is 2.99. The van der Waals surface area contributed by atoms with Gasteiger partial charge in [-0.3, -0.25) is 14.4 Å². The van der Waals surface area contributed by atoms with Crippen molar-refractivity contribution in [2.45, 2.75) is 12.1 Å². The van der Waals surface area contributed by atoms with E-state index in [2.05, 4.69) is 0 Å². The highest BCUT2D eigenvalue weighted by Crippen LogP contribution is 2.54. The van der Waals surface area contributed by atoms with Crippen molar-refractivity contribution in [2.24, 2.45) is 11.8 Å². The molecule has 6 rings (SSSR count). The minimum Gasteiger partial charge on any atom is -0.497 e. The first-order valence-electron chi connectivity index (χ1n) is 11.3. The molecule has 3 aliphatic rings. The molecular weight excluding hydrogens is 448 g/mol. The lowest BCUT2D eigenvalue weighted by Gasteiger charge is -2.35. The Morgan fingerprint density at radius 2 is 1.74 bits per heavy atom. The number of rotatable bonds is 5. The minimum atomic E-state index is -0.892. The zero-order chi connectivity index (χ0) is 24.3. The molecule has 0 N–H and O–H groups in total. The lowest BCUT2D eigenvalue weighted by atomic mass is 9.84. The summed E-state index contributed by atoms with van der Waals surface area (Å²) in [5.74, 6) is -1.81. The first kappa shape index (κ1) is 21.2. The molecule has 2 aromatic carbocycles. The lowest BCUT2D eigenvalue weighted by Crippen LogP contribution is -2.44. The molecule has 176 valence electrons. The summed E-state index contributed by atoms with van der Waals surface area (Å²) in [6.07, 6.45) is 5.15. The van der Waals surface area contributed by atoms with E-state index in [1.165, 1.54) is 20.5 Å². The van der Waals surface area contributed by atoms with Crippen molar-refractivity contribution >= 4 is 29.4 Å². The smallest absolute Gasteiger partial charge is 0.240 e. The summed E-state index contributed by atoms with van der Waals surface area (Å²) in [6, 6.07) is 14.5. The van der Waals surface area contributed by atoms with Crippen LogP contribution in [-0.4, -0.2) is 42.8 Å². The van der Waals surface area contributed by atoms with Crippen LogP contribution in [0.4, 0.5) is 5.69 Å². The van der Waals surface area contributed by atoms with Gasteiger partial charge in [0.25, 0.3) is 0 Å². The molecule has 3 aliphatic heterocycles. The number of imide groups is 1. The first-order valence-corrected chi connectivity index (χ1v) is 11.3. The molecule has 4 atom stereocenters. The molecule has 35 heavy (non-hydrogen) atoms. The normalized spacial score (nSPS) is 24.3. The number of anilines is 1. The molecule has 2 fully saturated rings. The number of methoxy groups -OCH3 is 2. The number of Topliss-reactive ketones (excluding diaryl/α,β-unsaturated/α-hetero) is 1. The summed E-state index contributed by atoms with van der Waals surface area (Å²) in [6.45, 7) is 0. The second-order valence-corrected chi connectivity index (χ2v) is 8.72. The monoisotopic (exact) mass is 470 g/mol. The van der Waals surface area contributed by atoms with Crippen LogP contribution in [0.3, 0.4) is 0 Å². The number of ether oxygens (including phenoxy) is 2. The average Bonchev–Trinajstić information content (AvgIpc) is 3.60. The van der Waals surface area contributed by atoms with Crippen molar-refractivity contribution in [1.29, 1.82) is 0 Å². The summed E-state index contributed by atoms with van der Waals surface area (Å²) in [5, 5.41) is 0. The second-order valence-electron chi connectivity index (χ2n) is 8.72. The van der Waals surface area contributed by atoms with E-state index in [1.807, 2.05) is 41.4 Å². The van der Waals surface area contributed by atoms with Crippen molar-refractivity contribution in [3.63, 3.8) is 0 Å². The van der Waals surface area contributed by atoms with Gasteiger partial charge >= 0.3 is 0 Å². The Morgan fingerprint density at radius 1 is 0.943 bits per heavy atom. The van der Waals surface area contributed by atoms with E-state index in [0.717, 1.165) is 16.0 Å². The van der Waals surface area contributed by atoms with Crippen molar-refractivity contribution in [3.8, 4) is 11.5 Å². The molecule has 8 nitrogen and oxygen atoms in total. The molecule has 1 aromatic heterocycles. The fraction of sp³-hybridized carbons (Fsp3) is 0.222. The van der Waals surface area contributed by atoms with Crippen LogP contribution in [0.1, 0.15) is 27.7 Å². The van der Waals surface area contributed by atoms with Crippen LogP contribution in [0.2, 0.25) is 0 Å². The van der Waals surface area contributed by atoms with E-state index in [0.29, 0.717) is 17.2 Å². The van der Waals surface area contributed by atoms with Gasteiger partial charge in [0, 0.05) is 12.3 Å². The average molecular weight is 470 g/mol. The maximum Gasteiger partial charge on any atom is 0.240 e. The molecule has 0 bridgehead atoms. The van der Waals surface area contributed by atoms with Gasteiger partial charge in [0.15, 0.2) is 5.76 Å².